The van der Waals surface area contributed by atoms with Gasteiger partial charge < -0.3 is 9.30 Å². The Morgan fingerprint density at radius 3 is 2.63 bits per heavy atom. The summed E-state index contributed by atoms with van der Waals surface area (Å²) in [7, 11) is -4.44. The first-order valence-electron chi connectivity index (χ1n) is 8.36. The Balaban J connectivity index is 1.87. The van der Waals surface area contributed by atoms with E-state index >= 15 is 0 Å². The summed E-state index contributed by atoms with van der Waals surface area (Å²) in [6.45, 7) is 1.97. The molecule has 7 nitrogen and oxygen atoms in total. The molecule has 0 spiro atoms. The van der Waals surface area contributed by atoms with Gasteiger partial charge in [0.05, 0.1) is 17.5 Å². The van der Waals surface area contributed by atoms with Crippen LogP contribution >= 0.6 is 39.1 Å². The second-order valence-electron chi connectivity index (χ2n) is 6.30. The van der Waals surface area contributed by atoms with Crippen molar-refractivity contribution in [1.29, 1.82) is 0 Å². The van der Waals surface area contributed by atoms with Gasteiger partial charge in [0.25, 0.3) is 15.9 Å². The number of carbonyl (C=O) groups excluding carboxylic acids is 1. The van der Waals surface area contributed by atoms with Crippen molar-refractivity contribution in [1.82, 2.24) is 14.3 Å². The van der Waals surface area contributed by atoms with Gasteiger partial charge in [-0.05, 0) is 53.0 Å². The zero-order valence-corrected chi connectivity index (χ0v) is 18.9. The van der Waals surface area contributed by atoms with Gasteiger partial charge >= 0.3 is 6.18 Å². The summed E-state index contributed by atoms with van der Waals surface area (Å²) >= 11 is 14.8. The number of carbonyl (C=O) groups is 1. The molecular formula is C16H13BrCl2F3N3O4S. The standard InChI is InChI=1S/C16H13BrCl2F3N3O4S/c1-2-29-7-3-4-9(18)11(5-7)30(27,28)24-14(26)12-13(17)25(15(19)23-12)10-6-8(10)16(20,21)22/h3-5,8,10H,2,6H2,1H3,(H,24,26)/t8-,10-/m0/s1. The number of aromatic nitrogens is 2. The van der Waals surface area contributed by atoms with Crippen LogP contribution in [0.3, 0.4) is 0 Å². The van der Waals surface area contributed by atoms with Crippen LogP contribution in [0.4, 0.5) is 13.2 Å². The molecule has 1 aromatic carbocycles. The number of benzene rings is 1. The highest BCUT2D eigenvalue weighted by molar-refractivity contribution is 9.10. The molecule has 3 rings (SSSR count). The van der Waals surface area contributed by atoms with E-state index in [0.29, 0.717) is 0 Å². The fourth-order valence-corrected chi connectivity index (χ4v) is 5.37. The molecule has 0 unspecified atom stereocenters. The molecule has 0 radical (unpaired) electrons. The summed E-state index contributed by atoms with van der Waals surface area (Å²) in [6, 6.07) is 2.85. The van der Waals surface area contributed by atoms with Gasteiger partial charge in [0.1, 0.15) is 15.2 Å². The van der Waals surface area contributed by atoms with E-state index in [2.05, 4.69) is 20.9 Å². The van der Waals surface area contributed by atoms with Crippen LogP contribution in [0.1, 0.15) is 29.9 Å². The number of nitrogens with zero attached hydrogens (tertiary/aromatic N) is 2. The SMILES string of the molecule is CCOc1ccc(Cl)c(S(=O)(=O)NC(=O)c2nc(Cl)n([C@H]3C[C@@H]3C(F)(F)F)c2Br)c1. The van der Waals surface area contributed by atoms with Crippen LogP contribution in [-0.2, 0) is 10.0 Å². The lowest BCUT2D eigenvalue weighted by Gasteiger charge is -2.10. The molecule has 14 heteroatoms. The molecule has 0 bridgehead atoms. The molecule has 1 aromatic heterocycles. The second-order valence-corrected chi connectivity index (χ2v) is 9.45. The molecule has 1 fully saturated rings. The highest BCUT2D eigenvalue weighted by Crippen LogP contribution is 2.55. The molecule has 2 atom stereocenters. The molecule has 2 aromatic rings. The van der Waals surface area contributed by atoms with Gasteiger partial charge in [0, 0.05) is 12.1 Å². The monoisotopic (exact) mass is 549 g/mol. The fourth-order valence-electron chi connectivity index (χ4n) is 2.80. The maximum atomic E-state index is 12.9. The Kier molecular flexibility index (Phi) is 6.34. The predicted molar refractivity (Wildman–Crippen MR) is 105 cm³/mol. The van der Waals surface area contributed by atoms with Gasteiger partial charge in [-0.25, -0.2) is 18.1 Å². The summed E-state index contributed by atoms with van der Waals surface area (Å²) in [6.07, 6.45) is -4.65. The van der Waals surface area contributed by atoms with Crippen LogP contribution in [0, 0.1) is 5.92 Å². The number of hydrogen-bond donors (Lipinski definition) is 1. The molecule has 30 heavy (non-hydrogen) atoms. The van der Waals surface area contributed by atoms with Gasteiger partial charge in [-0.3, -0.25) is 4.79 Å². The average Bonchev–Trinajstić information content (AvgIpc) is 3.36. The Morgan fingerprint density at radius 1 is 1.40 bits per heavy atom. The van der Waals surface area contributed by atoms with Crippen molar-refractivity contribution in [2.75, 3.05) is 6.61 Å². The van der Waals surface area contributed by atoms with Crippen LogP contribution < -0.4 is 9.46 Å². The minimum Gasteiger partial charge on any atom is -0.494 e. The van der Waals surface area contributed by atoms with E-state index in [4.69, 9.17) is 27.9 Å². The molecule has 164 valence electrons. The van der Waals surface area contributed by atoms with E-state index in [1.807, 2.05) is 0 Å². The molecular weight excluding hydrogens is 538 g/mol. The van der Waals surface area contributed by atoms with Crippen molar-refractivity contribution in [2.45, 2.75) is 30.5 Å². The molecule has 1 aliphatic carbocycles. The lowest BCUT2D eigenvalue weighted by Crippen LogP contribution is -2.31. The summed E-state index contributed by atoms with van der Waals surface area (Å²) < 4.78 is 71.7. The number of ether oxygens (including phenoxy) is 1. The third kappa shape index (κ3) is 4.56. The number of rotatable bonds is 6. The van der Waals surface area contributed by atoms with Crippen LogP contribution in [-0.4, -0.2) is 36.7 Å². The van der Waals surface area contributed by atoms with Crippen molar-refractivity contribution < 1.29 is 31.1 Å². The van der Waals surface area contributed by atoms with Crippen LogP contribution in [0.25, 0.3) is 0 Å². The quantitative estimate of drug-likeness (QED) is 0.568. The maximum Gasteiger partial charge on any atom is 0.393 e. The number of imidazole rings is 1. The van der Waals surface area contributed by atoms with Crippen molar-refractivity contribution in [3.63, 3.8) is 0 Å². The van der Waals surface area contributed by atoms with E-state index in [9.17, 15) is 26.4 Å². The Bertz CT molecular complexity index is 1110. The van der Waals surface area contributed by atoms with E-state index < -0.39 is 44.7 Å². The highest BCUT2D eigenvalue weighted by Gasteiger charge is 2.57. The average molecular weight is 551 g/mol. The van der Waals surface area contributed by atoms with Crippen LogP contribution in [0.15, 0.2) is 27.7 Å². The lowest BCUT2D eigenvalue weighted by atomic mass is 10.3. The van der Waals surface area contributed by atoms with Gasteiger partial charge in [-0.1, -0.05) is 11.6 Å². The summed E-state index contributed by atoms with van der Waals surface area (Å²) in [5.41, 5.74) is -0.478. The Morgan fingerprint density at radius 2 is 2.07 bits per heavy atom. The largest absolute Gasteiger partial charge is 0.494 e. The number of sulfonamides is 1. The van der Waals surface area contributed by atoms with Crippen molar-refractivity contribution in [2.24, 2.45) is 5.92 Å². The van der Waals surface area contributed by atoms with E-state index in [1.165, 1.54) is 12.1 Å². The topological polar surface area (TPSA) is 90.3 Å². The van der Waals surface area contributed by atoms with Crippen molar-refractivity contribution in [3.8, 4) is 5.75 Å². The number of amides is 1. The van der Waals surface area contributed by atoms with Crippen molar-refractivity contribution in [3.05, 3.63) is 38.8 Å². The third-order valence-electron chi connectivity index (χ3n) is 4.26. The van der Waals surface area contributed by atoms with Crippen LogP contribution in [0.5, 0.6) is 5.75 Å². The fraction of sp³-hybridized carbons (Fsp3) is 0.375. The summed E-state index contributed by atoms with van der Waals surface area (Å²) in [5, 5.41) is -0.537. The first-order valence-corrected chi connectivity index (χ1v) is 11.4. The lowest BCUT2D eigenvalue weighted by molar-refractivity contribution is -0.150. The number of nitrogens with one attached hydrogen (secondary N) is 1. The molecule has 0 aliphatic heterocycles. The van der Waals surface area contributed by atoms with Crippen molar-refractivity contribution >= 4 is 55.1 Å². The molecule has 1 saturated carbocycles. The molecule has 1 aliphatic rings. The third-order valence-corrected chi connectivity index (χ3v) is 7.10. The van der Waals surface area contributed by atoms with E-state index in [0.717, 1.165) is 10.6 Å². The molecule has 1 heterocycles. The summed E-state index contributed by atoms with van der Waals surface area (Å²) in [5.74, 6) is -2.60. The molecule has 1 N–H and O–H groups in total. The first-order chi connectivity index (χ1) is 13.9. The number of halogens is 6. The predicted octanol–water partition coefficient (Wildman–Crippen LogP) is 4.59. The minimum absolute atomic E-state index is 0.160. The second kappa shape index (κ2) is 8.21. The minimum atomic E-state index is -4.44. The zero-order valence-electron chi connectivity index (χ0n) is 15.0. The first kappa shape index (κ1) is 23.2. The molecule has 1 amide bonds. The number of hydrogen-bond acceptors (Lipinski definition) is 5. The van der Waals surface area contributed by atoms with Gasteiger partial charge in [-0.15, -0.1) is 0 Å². The van der Waals surface area contributed by atoms with Crippen LogP contribution in [0.2, 0.25) is 10.3 Å². The Hall–Kier alpha value is -1.50. The maximum absolute atomic E-state index is 12.9. The van der Waals surface area contributed by atoms with Gasteiger partial charge in [0.15, 0.2) is 5.69 Å². The molecule has 0 saturated heterocycles. The number of alkyl halides is 3. The van der Waals surface area contributed by atoms with Gasteiger partial charge in [-0.2, -0.15) is 13.2 Å². The normalized spacial score (nSPS) is 18.9. The van der Waals surface area contributed by atoms with E-state index in [1.54, 1.807) is 11.6 Å². The highest BCUT2D eigenvalue weighted by atomic mass is 79.9. The summed E-state index contributed by atoms with van der Waals surface area (Å²) in [4.78, 5) is 15.8. The Labute approximate surface area is 187 Å². The zero-order chi connectivity index (χ0) is 22.4. The van der Waals surface area contributed by atoms with E-state index in [-0.39, 0.29) is 33.7 Å². The smallest absolute Gasteiger partial charge is 0.393 e. The van der Waals surface area contributed by atoms with Gasteiger partial charge in [0.2, 0.25) is 5.28 Å².